The number of hydrogen-bond donors (Lipinski definition) is 1. The summed E-state index contributed by atoms with van der Waals surface area (Å²) in [6.45, 7) is 4.85. The molecular formula is C14H22N2O3S. The summed E-state index contributed by atoms with van der Waals surface area (Å²) in [6.07, 6.45) is 4.31. The topological polar surface area (TPSA) is 68.3 Å². The number of aromatic nitrogens is 1. The molecule has 0 spiro atoms. The van der Waals surface area contributed by atoms with E-state index in [4.69, 9.17) is 4.74 Å². The molecule has 2 heterocycles. The van der Waals surface area contributed by atoms with Crippen LogP contribution in [-0.2, 0) is 21.2 Å². The van der Waals surface area contributed by atoms with Crippen LogP contribution in [-0.4, -0.2) is 38.4 Å². The molecule has 0 aromatic carbocycles. The van der Waals surface area contributed by atoms with Crippen molar-refractivity contribution in [1.82, 2.24) is 9.71 Å². The monoisotopic (exact) mass is 298 g/mol. The maximum Gasteiger partial charge on any atom is 0.212 e. The normalized spacial score (nSPS) is 23.4. The zero-order valence-electron chi connectivity index (χ0n) is 12.0. The number of hydrogen-bond acceptors (Lipinski definition) is 4. The maximum absolute atomic E-state index is 12.0. The van der Waals surface area contributed by atoms with E-state index < -0.39 is 10.0 Å². The van der Waals surface area contributed by atoms with E-state index in [9.17, 15) is 8.42 Å². The lowest BCUT2D eigenvalue weighted by Gasteiger charge is -2.19. The third-order valence-electron chi connectivity index (χ3n) is 3.33. The second-order valence-electron chi connectivity index (χ2n) is 5.76. The second-order valence-corrected chi connectivity index (χ2v) is 7.56. The quantitative estimate of drug-likeness (QED) is 0.857. The van der Waals surface area contributed by atoms with Gasteiger partial charge in [-0.1, -0.05) is 13.8 Å². The molecule has 1 fully saturated rings. The van der Waals surface area contributed by atoms with Gasteiger partial charge < -0.3 is 4.74 Å². The van der Waals surface area contributed by atoms with Crippen LogP contribution < -0.4 is 4.72 Å². The van der Waals surface area contributed by atoms with Crippen LogP contribution >= 0.6 is 0 Å². The Balaban J connectivity index is 1.97. The first kappa shape index (κ1) is 15.4. The highest BCUT2D eigenvalue weighted by Gasteiger charge is 2.31. The number of ether oxygens (including phenoxy) is 1. The van der Waals surface area contributed by atoms with Gasteiger partial charge in [-0.15, -0.1) is 0 Å². The summed E-state index contributed by atoms with van der Waals surface area (Å²) >= 11 is 0. The van der Waals surface area contributed by atoms with Crippen LogP contribution in [0.15, 0.2) is 24.5 Å². The van der Waals surface area contributed by atoms with Crippen molar-refractivity contribution >= 4 is 10.0 Å². The summed E-state index contributed by atoms with van der Waals surface area (Å²) in [5.74, 6) is 0.457. The van der Waals surface area contributed by atoms with Gasteiger partial charge in [-0.3, -0.25) is 4.98 Å². The van der Waals surface area contributed by atoms with Gasteiger partial charge in [0.15, 0.2) is 0 Å². The predicted octanol–water partition coefficient (Wildman–Crippen LogP) is 1.21. The van der Waals surface area contributed by atoms with Gasteiger partial charge in [-0.25, -0.2) is 13.1 Å². The second kappa shape index (κ2) is 6.65. The van der Waals surface area contributed by atoms with Crippen molar-refractivity contribution in [2.24, 2.45) is 11.8 Å². The molecule has 0 amide bonds. The predicted molar refractivity (Wildman–Crippen MR) is 77.8 cm³/mol. The number of nitrogens with zero attached hydrogens (tertiary/aromatic N) is 1. The Hall–Kier alpha value is -0.980. The summed E-state index contributed by atoms with van der Waals surface area (Å²) in [6, 6.07) is 3.78. The Labute approximate surface area is 120 Å². The average Bonchev–Trinajstić information content (AvgIpc) is 2.75. The molecule has 0 saturated carbocycles. The summed E-state index contributed by atoms with van der Waals surface area (Å²) in [5.41, 5.74) is 1.16. The summed E-state index contributed by atoms with van der Waals surface area (Å²) in [5, 5.41) is 0. The average molecular weight is 298 g/mol. The molecule has 0 bridgehead atoms. The van der Waals surface area contributed by atoms with Crippen molar-refractivity contribution in [2.45, 2.75) is 26.3 Å². The van der Waals surface area contributed by atoms with Crippen molar-refractivity contribution in [3.63, 3.8) is 0 Å². The first-order valence-corrected chi connectivity index (χ1v) is 8.58. The fourth-order valence-electron chi connectivity index (χ4n) is 2.47. The molecule has 2 rings (SSSR count). The highest BCUT2D eigenvalue weighted by Crippen LogP contribution is 2.20. The van der Waals surface area contributed by atoms with Crippen LogP contribution in [0.25, 0.3) is 0 Å². The van der Waals surface area contributed by atoms with E-state index in [1.807, 2.05) is 26.0 Å². The fraction of sp³-hybridized carbons (Fsp3) is 0.643. The van der Waals surface area contributed by atoms with Gasteiger partial charge in [0.25, 0.3) is 0 Å². The van der Waals surface area contributed by atoms with Gasteiger partial charge in [0, 0.05) is 18.3 Å². The Kier molecular flexibility index (Phi) is 5.12. The Morgan fingerprint density at radius 3 is 2.70 bits per heavy atom. The summed E-state index contributed by atoms with van der Waals surface area (Å²) in [4.78, 5) is 3.99. The molecular weight excluding hydrogens is 276 g/mol. The first-order valence-electron chi connectivity index (χ1n) is 6.93. The van der Waals surface area contributed by atoms with Crippen LogP contribution in [0.5, 0.6) is 0 Å². The van der Waals surface area contributed by atoms with E-state index in [0.717, 1.165) is 12.0 Å². The lowest BCUT2D eigenvalue weighted by Crippen LogP contribution is -2.42. The molecule has 112 valence electrons. The van der Waals surface area contributed by atoms with Crippen LogP contribution in [0.4, 0.5) is 0 Å². The zero-order chi connectivity index (χ0) is 14.6. The van der Waals surface area contributed by atoms with E-state index in [1.54, 1.807) is 12.4 Å². The molecule has 1 aromatic heterocycles. The van der Waals surface area contributed by atoms with E-state index >= 15 is 0 Å². The molecule has 2 atom stereocenters. The van der Waals surface area contributed by atoms with Gasteiger partial charge in [0.05, 0.1) is 25.0 Å². The minimum Gasteiger partial charge on any atom is -0.379 e. The van der Waals surface area contributed by atoms with Gasteiger partial charge in [-0.05, 0) is 30.0 Å². The van der Waals surface area contributed by atoms with Crippen molar-refractivity contribution in [3.05, 3.63) is 30.1 Å². The first-order chi connectivity index (χ1) is 9.46. The number of nitrogens with one attached hydrogen (secondary N) is 1. The summed E-state index contributed by atoms with van der Waals surface area (Å²) < 4.78 is 32.3. The lowest BCUT2D eigenvalue weighted by molar-refractivity contribution is 0.183. The molecule has 0 aliphatic carbocycles. The molecule has 0 unspecified atom stereocenters. The minimum atomic E-state index is -3.23. The third kappa shape index (κ3) is 4.54. The SMILES string of the molecule is CC(C)CS(=O)(=O)N[C@@H]1COC[C@H]1Cc1ccncc1. The van der Waals surface area contributed by atoms with E-state index in [2.05, 4.69) is 9.71 Å². The van der Waals surface area contributed by atoms with E-state index in [0.29, 0.717) is 13.2 Å². The Morgan fingerprint density at radius 1 is 1.35 bits per heavy atom. The molecule has 6 heteroatoms. The van der Waals surface area contributed by atoms with Crippen molar-refractivity contribution in [1.29, 1.82) is 0 Å². The Morgan fingerprint density at radius 2 is 2.05 bits per heavy atom. The molecule has 1 aliphatic heterocycles. The number of rotatable bonds is 6. The fourth-order valence-corrected chi connectivity index (χ4v) is 4.16. The minimum absolute atomic E-state index is 0.119. The van der Waals surface area contributed by atoms with Crippen LogP contribution in [0.3, 0.4) is 0 Å². The molecule has 20 heavy (non-hydrogen) atoms. The third-order valence-corrected chi connectivity index (χ3v) is 5.10. The van der Waals surface area contributed by atoms with Crippen LogP contribution in [0, 0.1) is 11.8 Å². The van der Waals surface area contributed by atoms with E-state index in [1.165, 1.54) is 0 Å². The molecule has 1 N–H and O–H groups in total. The molecule has 5 nitrogen and oxygen atoms in total. The van der Waals surface area contributed by atoms with Gasteiger partial charge >= 0.3 is 0 Å². The van der Waals surface area contributed by atoms with E-state index in [-0.39, 0.29) is 23.6 Å². The van der Waals surface area contributed by atoms with Crippen molar-refractivity contribution < 1.29 is 13.2 Å². The molecule has 1 saturated heterocycles. The Bertz CT molecular complexity index is 516. The number of sulfonamides is 1. The molecule has 0 radical (unpaired) electrons. The number of pyridine rings is 1. The lowest BCUT2D eigenvalue weighted by atomic mass is 9.96. The van der Waals surface area contributed by atoms with Gasteiger partial charge in [0.2, 0.25) is 10.0 Å². The molecule has 1 aromatic rings. The van der Waals surface area contributed by atoms with Gasteiger partial charge in [-0.2, -0.15) is 0 Å². The highest BCUT2D eigenvalue weighted by atomic mass is 32.2. The zero-order valence-corrected chi connectivity index (χ0v) is 12.8. The van der Waals surface area contributed by atoms with Crippen LogP contribution in [0.2, 0.25) is 0 Å². The van der Waals surface area contributed by atoms with Crippen molar-refractivity contribution in [2.75, 3.05) is 19.0 Å². The smallest absolute Gasteiger partial charge is 0.212 e. The standard InChI is InChI=1S/C14H22N2O3S/c1-11(2)10-20(17,18)16-14-9-19-8-13(14)7-12-3-5-15-6-4-12/h3-6,11,13-14,16H,7-10H2,1-2H3/t13-,14-/m1/s1. The van der Waals surface area contributed by atoms with Gasteiger partial charge in [0.1, 0.15) is 0 Å². The highest BCUT2D eigenvalue weighted by molar-refractivity contribution is 7.89. The molecule has 1 aliphatic rings. The van der Waals surface area contributed by atoms with Crippen molar-refractivity contribution in [3.8, 4) is 0 Å². The maximum atomic E-state index is 12.0. The van der Waals surface area contributed by atoms with Crippen LogP contribution in [0.1, 0.15) is 19.4 Å². The largest absolute Gasteiger partial charge is 0.379 e. The summed E-state index contributed by atoms with van der Waals surface area (Å²) in [7, 11) is -3.23.